The van der Waals surface area contributed by atoms with Crippen LogP contribution < -0.4 is 11.5 Å². The highest BCUT2D eigenvalue weighted by Crippen LogP contribution is 2.29. The molecule has 3 rings (SSSR count). The standard InChI is InChI=1S/C16H18N5O2/c17-12(23)6-7-13-20-14-15(21(13)8-3-9-22)10-4-1-2-5-11(10)19-16(14)18/h1-2,4-5H,3,6-9H2,(H2,17,23)(H2,18,19). The van der Waals surface area contributed by atoms with Gasteiger partial charge in [-0.2, -0.15) is 0 Å². The van der Waals surface area contributed by atoms with Crippen LogP contribution in [0.2, 0.25) is 0 Å². The summed E-state index contributed by atoms with van der Waals surface area (Å²) in [6.45, 7) is 0.356. The van der Waals surface area contributed by atoms with Crippen LogP contribution in [0.5, 0.6) is 0 Å². The lowest BCUT2D eigenvalue weighted by atomic mass is 10.2. The van der Waals surface area contributed by atoms with Gasteiger partial charge in [0.05, 0.1) is 17.6 Å². The second-order valence-corrected chi connectivity index (χ2v) is 5.42. The Morgan fingerprint density at radius 3 is 2.74 bits per heavy atom. The number of aromatic nitrogens is 3. The number of carbonyl (C=O) groups excluding carboxylic acids is 1. The molecule has 1 radical (unpaired) electrons. The summed E-state index contributed by atoms with van der Waals surface area (Å²) in [6.07, 6.45) is 1.09. The lowest BCUT2D eigenvalue weighted by molar-refractivity contribution is -0.118. The summed E-state index contributed by atoms with van der Waals surface area (Å²) < 4.78 is 1.97. The second-order valence-electron chi connectivity index (χ2n) is 5.42. The van der Waals surface area contributed by atoms with Crippen molar-refractivity contribution < 1.29 is 9.90 Å². The maximum absolute atomic E-state index is 11.1. The number of nitrogens with zero attached hydrogens (tertiary/aromatic N) is 3. The third-order valence-electron chi connectivity index (χ3n) is 3.81. The van der Waals surface area contributed by atoms with E-state index >= 15 is 0 Å². The number of benzene rings is 1. The number of aryl methyl sites for hydroxylation is 2. The highest BCUT2D eigenvalue weighted by Gasteiger charge is 2.17. The van der Waals surface area contributed by atoms with Crippen LogP contribution in [-0.2, 0) is 22.9 Å². The molecule has 0 spiro atoms. The van der Waals surface area contributed by atoms with Gasteiger partial charge in [-0.3, -0.25) is 4.79 Å². The summed E-state index contributed by atoms with van der Waals surface area (Å²) in [5, 5.41) is 11.9. The topological polar surface area (TPSA) is 120 Å². The van der Waals surface area contributed by atoms with Crippen LogP contribution in [0, 0.1) is 0 Å². The molecule has 0 saturated heterocycles. The van der Waals surface area contributed by atoms with Gasteiger partial charge in [0.25, 0.3) is 0 Å². The summed E-state index contributed by atoms with van der Waals surface area (Å²) in [4.78, 5) is 20.0. The number of para-hydroxylation sites is 1. The maximum atomic E-state index is 11.1. The Bertz CT molecular complexity index is 872. The summed E-state index contributed by atoms with van der Waals surface area (Å²) in [6, 6.07) is 7.66. The maximum Gasteiger partial charge on any atom is 0.217 e. The Balaban J connectivity index is 2.24. The first-order chi connectivity index (χ1) is 11.1. The normalized spacial score (nSPS) is 11.3. The van der Waals surface area contributed by atoms with Crippen LogP contribution in [0.1, 0.15) is 18.7 Å². The molecule has 0 unspecified atom stereocenters. The summed E-state index contributed by atoms with van der Waals surface area (Å²) >= 11 is 0. The average molecular weight is 312 g/mol. The van der Waals surface area contributed by atoms with Crippen LogP contribution in [0.15, 0.2) is 24.3 Å². The van der Waals surface area contributed by atoms with Gasteiger partial charge in [-0.05, 0) is 12.5 Å². The Kier molecular flexibility index (Phi) is 4.12. The predicted molar refractivity (Wildman–Crippen MR) is 87.1 cm³/mol. The SMILES string of the molecule is NC(=O)CCc1nc2c(N)nc3ccccc3c2n1CCC[O]. The number of hydrogen-bond donors (Lipinski definition) is 2. The van der Waals surface area contributed by atoms with E-state index in [1.165, 1.54) is 0 Å². The summed E-state index contributed by atoms with van der Waals surface area (Å²) in [5.41, 5.74) is 13.5. The van der Waals surface area contributed by atoms with Crippen molar-refractivity contribution in [1.82, 2.24) is 14.5 Å². The highest BCUT2D eigenvalue weighted by atomic mass is 16.3. The molecule has 0 bridgehead atoms. The van der Waals surface area contributed by atoms with Crippen molar-refractivity contribution in [2.24, 2.45) is 5.73 Å². The number of hydrogen-bond acceptors (Lipinski definition) is 4. The quantitative estimate of drug-likeness (QED) is 0.714. The molecule has 0 aliphatic rings. The largest absolute Gasteiger partial charge is 0.382 e. The van der Waals surface area contributed by atoms with Gasteiger partial charge in [0.1, 0.15) is 11.3 Å². The molecule has 7 nitrogen and oxygen atoms in total. The molecule has 0 aliphatic carbocycles. The molecule has 0 fully saturated rings. The first kappa shape index (κ1) is 15.2. The Hall–Kier alpha value is -2.67. The number of nitrogen functional groups attached to an aromatic ring is 1. The van der Waals surface area contributed by atoms with Gasteiger partial charge in [-0.1, -0.05) is 18.2 Å². The van der Waals surface area contributed by atoms with Crippen molar-refractivity contribution in [3.8, 4) is 0 Å². The number of anilines is 1. The Morgan fingerprint density at radius 2 is 2.00 bits per heavy atom. The first-order valence-corrected chi connectivity index (χ1v) is 7.51. The molecular weight excluding hydrogens is 294 g/mol. The number of carbonyl (C=O) groups is 1. The number of imidazole rings is 1. The fourth-order valence-electron chi connectivity index (χ4n) is 2.79. The zero-order valence-electron chi connectivity index (χ0n) is 12.7. The van der Waals surface area contributed by atoms with E-state index in [1.807, 2.05) is 28.8 Å². The van der Waals surface area contributed by atoms with Gasteiger partial charge in [0.2, 0.25) is 5.91 Å². The zero-order valence-corrected chi connectivity index (χ0v) is 12.7. The minimum Gasteiger partial charge on any atom is -0.382 e. The van der Waals surface area contributed by atoms with Crippen molar-refractivity contribution >= 4 is 33.7 Å². The van der Waals surface area contributed by atoms with Crippen molar-refractivity contribution in [3.05, 3.63) is 30.1 Å². The van der Waals surface area contributed by atoms with E-state index in [-0.39, 0.29) is 18.9 Å². The van der Waals surface area contributed by atoms with Gasteiger partial charge in [0, 0.05) is 24.8 Å². The number of fused-ring (bicyclic) bond motifs is 3. The van der Waals surface area contributed by atoms with Gasteiger partial charge in [-0.25, -0.2) is 15.1 Å². The molecule has 2 heterocycles. The van der Waals surface area contributed by atoms with Crippen LogP contribution in [0.4, 0.5) is 5.82 Å². The summed E-state index contributed by atoms with van der Waals surface area (Å²) in [7, 11) is 0. The number of nitrogens with two attached hydrogens (primary N) is 2. The lowest BCUT2D eigenvalue weighted by Crippen LogP contribution is -2.13. The van der Waals surface area contributed by atoms with Gasteiger partial charge in [0.15, 0.2) is 5.82 Å². The fraction of sp³-hybridized carbons (Fsp3) is 0.312. The summed E-state index contributed by atoms with van der Waals surface area (Å²) in [5.74, 6) is 0.667. The van der Waals surface area contributed by atoms with Crippen molar-refractivity contribution in [3.63, 3.8) is 0 Å². The highest BCUT2D eigenvalue weighted by molar-refractivity contribution is 6.06. The number of amides is 1. The lowest BCUT2D eigenvalue weighted by Gasteiger charge is -2.09. The second kappa shape index (κ2) is 6.21. The molecule has 1 amide bonds. The molecule has 1 aromatic carbocycles. The van der Waals surface area contributed by atoms with Crippen molar-refractivity contribution in [2.45, 2.75) is 25.8 Å². The van der Waals surface area contributed by atoms with Crippen molar-refractivity contribution in [1.29, 1.82) is 0 Å². The third-order valence-corrected chi connectivity index (χ3v) is 3.81. The molecule has 2 aromatic heterocycles. The molecule has 0 saturated carbocycles. The van der Waals surface area contributed by atoms with E-state index in [9.17, 15) is 9.90 Å². The Labute approximate surface area is 132 Å². The molecule has 3 aromatic rings. The molecular formula is C16H18N5O2. The van der Waals surface area contributed by atoms with E-state index in [2.05, 4.69) is 9.97 Å². The van der Waals surface area contributed by atoms with Crippen LogP contribution in [-0.4, -0.2) is 27.0 Å². The van der Waals surface area contributed by atoms with E-state index < -0.39 is 0 Å². The molecule has 0 atom stereocenters. The molecule has 0 aliphatic heterocycles. The monoisotopic (exact) mass is 312 g/mol. The van der Waals surface area contributed by atoms with Crippen LogP contribution >= 0.6 is 0 Å². The minimum absolute atomic E-state index is 0.173. The molecule has 119 valence electrons. The van der Waals surface area contributed by atoms with Gasteiger partial charge in [-0.15, -0.1) is 0 Å². The average Bonchev–Trinajstić information content (AvgIpc) is 2.90. The van der Waals surface area contributed by atoms with Crippen LogP contribution in [0.25, 0.3) is 21.9 Å². The third kappa shape index (κ3) is 2.83. The molecule has 7 heteroatoms. The fourth-order valence-corrected chi connectivity index (χ4v) is 2.79. The van der Waals surface area contributed by atoms with Crippen LogP contribution in [0.3, 0.4) is 0 Å². The van der Waals surface area contributed by atoms with E-state index in [0.29, 0.717) is 36.5 Å². The number of pyridine rings is 1. The van der Waals surface area contributed by atoms with E-state index in [0.717, 1.165) is 16.4 Å². The zero-order chi connectivity index (χ0) is 16.4. The minimum atomic E-state index is -0.386. The predicted octanol–water partition coefficient (Wildman–Crippen LogP) is 1.41. The molecule has 23 heavy (non-hydrogen) atoms. The van der Waals surface area contributed by atoms with Gasteiger partial charge < -0.3 is 16.0 Å². The molecule has 4 N–H and O–H groups in total. The Morgan fingerprint density at radius 1 is 1.22 bits per heavy atom. The van der Waals surface area contributed by atoms with E-state index in [4.69, 9.17) is 11.5 Å². The van der Waals surface area contributed by atoms with Crippen molar-refractivity contribution in [2.75, 3.05) is 12.3 Å². The van der Waals surface area contributed by atoms with E-state index in [1.54, 1.807) is 0 Å². The number of rotatable bonds is 6. The smallest absolute Gasteiger partial charge is 0.217 e. The van der Waals surface area contributed by atoms with Gasteiger partial charge >= 0.3 is 0 Å². The first-order valence-electron chi connectivity index (χ1n) is 7.51. The number of primary amides is 1.